The second-order valence-electron chi connectivity index (χ2n) is 1.61. The summed E-state index contributed by atoms with van der Waals surface area (Å²) in [5, 5.41) is -5.74. The van der Waals surface area contributed by atoms with Gasteiger partial charge in [0.05, 0.1) is 0 Å². The van der Waals surface area contributed by atoms with Crippen molar-refractivity contribution in [2.45, 2.75) is 5.25 Å². The summed E-state index contributed by atoms with van der Waals surface area (Å²) in [6.45, 7) is 0. The van der Waals surface area contributed by atoms with E-state index >= 15 is 0 Å². The average Bonchev–Trinajstić information content (AvgIpc) is 2.02. The Kier molecular flexibility index (Phi) is 3.33. The maximum Gasteiger partial charge on any atom is 0.428 e. The molecule has 0 spiro atoms. The van der Waals surface area contributed by atoms with E-state index in [1.165, 1.54) is 0 Å². The Morgan fingerprint density at radius 2 is 1.54 bits per heavy atom. The predicted octanol–water partition coefficient (Wildman–Crippen LogP) is 1.89. The largest absolute Gasteiger partial charge is 0.428 e. The first-order valence-corrected chi connectivity index (χ1v) is 3.71. The lowest BCUT2D eigenvalue weighted by Crippen LogP contribution is -2.30. The second-order valence-corrected chi connectivity index (χ2v) is 3.16. The first-order valence-electron chi connectivity index (χ1n) is 2.30. The van der Waals surface area contributed by atoms with Gasteiger partial charge in [-0.1, -0.05) is 4.39 Å². The molecule has 0 atom stereocenters. The Morgan fingerprint density at radius 3 is 1.77 bits per heavy atom. The van der Waals surface area contributed by atoms with Crippen molar-refractivity contribution in [2.75, 3.05) is 0 Å². The fourth-order valence-corrected chi connectivity index (χ4v) is 0.635. The summed E-state index contributed by atoms with van der Waals surface area (Å²) < 4.78 is 90.2. The minimum atomic E-state index is -6.35. The van der Waals surface area contributed by atoms with Crippen molar-refractivity contribution in [3.05, 3.63) is 11.9 Å². The van der Waals surface area contributed by atoms with Gasteiger partial charge in [-0.2, -0.15) is 30.4 Å². The first kappa shape index (κ1) is 12.2. The Morgan fingerprint density at radius 1 is 1.15 bits per heavy atom. The van der Waals surface area contributed by atoms with E-state index in [0.717, 1.165) is 0 Å². The number of hydrogen-bond acceptors (Lipinski definition) is 3. The van der Waals surface area contributed by atoms with Gasteiger partial charge in [0.25, 0.3) is 5.83 Å². The molecule has 10 heteroatoms. The molecule has 0 aromatic carbocycles. The molecule has 78 valence electrons. The summed E-state index contributed by atoms with van der Waals surface area (Å²) in [4.78, 5) is 0. The van der Waals surface area contributed by atoms with Crippen LogP contribution >= 0.6 is 0 Å². The van der Waals surface area contributed by atoms with Crippen LogP contribution in [0.15, 0.2) is 11.9 Å². The molecule has 0 aromatic heterocycles. The normalized spacial score (nSPS) is 12.8. The van der Waals surface area contributed by atoms with Gasteiger partial charge in [0, 0.05) is 0 Å². The van der Waals surface area contributed by atoms with Crippen LogP contribution in [0.1, 0.15) is 0 Å². The minimum Gasteiger partial charge on any atom is -0.198 e. The summed E-state index contributed by atoms with van der Waals surface area (Å²) >= 11 is 0. The van der Waals surface area contributed by atoms with E-state index < -0.39 is 27.3 Å². The van der Waals surface area contributed by atoms with Crippen LogP contribution in [-0.2, 0) is 14.5 Å². The quantitative estimate of drug-likeness (QED) is 0.695. The number of alkyl halides is 2. The molecule has 0 heterocycles. The van der Waals surface area contributed by atoms with Crippen molar-refractivity contribution in [3.8, 4) is 0 Å². The van der Waals surface area contributed by atoms with Crippen molar-refractivity contribution in [2.24, 2.45) is 0 Å². The maximum atomic E-state index is 12.0. The lowest BCUT2D eigenvalue weighted by Gasteiger charge is -2.09. The molecule has 0 N–H and O–H groups in total. The van der Waals surface area contributed by atoms with Gasteiger partial charge in [0.1, 0.15) is 0 Å². The van der Waals surface area contributed by atoms with E-state index in [2.05, 4.69) is 0 Å². The molecule has 0 aliphatic carbocycles. The molecule has 0 radical (unpaired) electrons. The Labute approximate surface area is 67.6 Å². The van der Waals surface area contributed by atoms with Crippen LogP contribution in [-0.4, -0.2) is 13.7 Å². The second kappa shape index (κ2) is 3.54. The molecule has 0 aromatic rings. The van der Waals surface area contributed by atoms with Crippen LogP contribution in [0.2, 0.25) is 0 Å². The summed E-state index contributed by atoms with van der Waals surface area (Å²) in [6, 6.07) is 0. The van der Waals surface area contributed by atoms with Crippen LogP contribution in [0.25, 0.3) is 0 Å². The highest BCUT2D eigenvalue weighted by Crippen LogP contribution is 2.35. The molecule has 3 nitrogen and oxygen atoms in total. The van der Waals surface area contributed by atoms with Gasteiger partial charge in [-0.25, -0.2) is 0 Å². The SMILES string of the molecule is O=S(=O)(OF)C(F)(F)C(F)=C(F)F. The lowest BCUT2D eigenvalue weighted by atomic mass is 10.6. The monoisotopic (exact) mass is 230 g/mol. The van der Waals surface area contributed by atoms with Crippen molar-refractivity contribution >= 4 is 10.1 Å². The van der Waals surface area contributed by atoms with Crippen molar-refractivity contribution in [3.63, 3.8) is 0 Å². The molecule has 0 unspecified atom stereocenters. The van der Waals surface area contributed by atoms with Gasteiger partial charge in [-0.05, 0) is 4.53 Å². The fraction of sp³-hybridized carbons (Fsp3) is 0.333. The standard InChI is InChI=1S/C3F6O3S/c4-1(2(5)6)3(7,8)13(10,11)12-9. The van der Waals surface area contributed by atoms with Crippen molar-refractivity contribution in [1.82, 2.24) is 0 Å². The smallest absolute Gasteiger partial charge is 0.198 e. The number of hydrogen-bond donors (Lipinski definition) is 0. The molecule has 0 aliphatic heterocycles. The van der Waals surface area contributed by atoms with Gasteiger partial charge in [0.15, 0.2) is 0 Å². The van der Waals surface area contributed by atoms with Crippen LogP contribution < -0.4 is 0 Å². The molecule has 0 rings (SSSR count). The third kappa shape index (κ3) is 2.12. The minimum absolute atomic E-state index is 1.69. The molecule has 0 saturated carbocycles. The summed E-state index contributed by atoms with van der Waals surface area (Å²) in [5.74, 6) is -3.58. The zero-order chi connectivity index (χ0) is 10.9. The topological polar surface area (TPSA) is 43.4 Å². The molecule has 0 fully saturated rings. The van der Waals surface area contributed by atoms with Crippen LogP contribution in [0, 0.1) is 0 Å². The number of halogens is 6. The van der Waals surface area contributed by atoms with Gasteiger partial charge in [-0.15, -0.1) is 0 Å². The molecular weight excluding hydrogens is 230 g/mol. The molecule has 0 aliphatic rings. The summed E-state index contributed by atoms with van der Waals surface area (Å²) in [5.41, 5.74) is 0. The van der Waals surface area contributed by atoms with Crippen molar-refractivity contribution in [1.29, 1.82) is 0 Å². The Hall–Kier alpha value is -0.770. The highest BCUT2D eigenvalue weighted by atomic mass is 32.2. The maximum absolute atomic E-state index is 12.0. The summed E-state index contributed by atoms with van der Waals surface area (Å²) in [6.07, 6.45) is -3.58. The molecule has 13 heavy (non-hydrogen) atoms. The van der Waals surface area contributed by atoms with Crippen molar-refractivity contribution < 1.29 is 39.3 Å². The van der Waals surface area contributed by atoms with Gasteiger partial charge in [-0.3, -0.25) is 0 Å². The Balaban J connectivity index is 5.36. The van der Waals surface area contributed by atoms with Crippen LogP contribution in [0.4, 0.5) is 26.5 Å². The fourth-order valence-electron chi connectivity index (χ4n) is 0.259. The predicted molar refractivity (Wildman–Crippen MR) is 26.4 cm³/mol. The zero-order valence-electron chi connectivity index (χ0n) is 5.40. The van der Waals surface area contributed by atoms with E-state index in [0.29, 0.717) is 0 Å². The number of rotatable bonds is 3. The molecular formula is C3F6O3S. The van der Waals surface area contributed by atoms with E-state index in [1.54, 1.807) is 4.39 Å². The first-order chi connectivity index (χ1) is 5.66. The van der Waals surface area contributed by atoms with E-state index in [9.17, 15) is 34.9 Å². The van der Waals surface area contributed by atoms with Crippen LogP contribution in [0.5, 0.6) is 0 Å². The van der Waals surface area contributed by atoms with Gasteiger partial charge >= 0.3 is 21.5 Å². The van der Waals surface area contributed by atoms with E-state index in [1.807, 2.05) is 0 Å². The van der Waals surface area contributed by atoms with E-state index in [4.69, 9.17) is 0 Å². The van der Waals surface area contributed by atoms with Gasteiger partial charge in [0.2, 0.25) is 0 Å². The Bertz CT molecular complexity index is 314. The average molecular weight is 230 g/mol. The third-order valence-electron chi connectivity index (χ3n) is 0.818. The molecule has 0 amide bonds. The molecule has 0 saturated heterocycles. The lowest BCUT2D eigenvalue weighted by molar-refractivity contribution is -0.0248. The molecule has 0 bridgehead atoms. The highest BCUT2D eigenvalue weighted by Gasteiger charge is 2.54. The summed E-state index contributed by atoms with van der Waals surface area (Å²) in [7, 11) is -6.35. The zero-order valence-corrected chi connectivity index (χ0v) is 6.22. The highest BCUT2D eigenvalue weighted by molar-refractivity contribution is 7.87. The van der Waals surface area contributed by atoms with E-state index in [-0.39, 0.29) is 0 Å². The van der Waals surface area contributed by atoms with Crippen LogP contribution in [0.3, 0.4) is 0 Å². The third-order valence-corrected chi connectivity index (χ3v) is 1.79. The van der Waals surface area contributed by atoms with Gasteiger partial charge < -0.3 is 0 Å².